The first-order chi connectivity index (χ1) is 5.34. The molecule has 11 heavy (non-hydrogen) atoms. The Hall–Kier alpha value is -1.38. The molecule has 0 spiro atoms. The number of amides is 1. The van der Waals surface area contributed by atoms with Gasteiger partial charge >= 0.3 is 0 Å². The van der Waals surface area contributed by atoms with Crippen LogP contribution in [0.3, 0.4) is 0 Å². The van der Waals surface area contributed by atoms with Crippen molar-refractivity contribution in [2.45, 2.75) is 0 Å². The molecule has 0 aromatic carbocycles. The number of hydrogen-bond acceptors (Lipinski definition) is 2. The van der Waals surface area contributed by atoms with Gasteiger partial charge in [-0.1, -0.05) is 0 Å². The van der Waals surface area contributed by atoms with Crippen LogP contribution in [0.25, 0.3) is 0 Å². The van der Waals surface area contributed by atoms with Gasteiger partial charge in [-0.05, 0) is 19.1 Å². The van der Waals surface area contributed by atoms with Crippen LogP contribution in [0.1, 0.15) is 10.4 Å². The Kier molecular flexibility index (Phi) is 2.60. The van der Waals surface area contributed by atoms with Crippen molar-refractivity contribution >= 4 is 5.91 Å². The summed E-state index contributed by atoms with van der Waals surface area (Å²) in [6, 6.07) is 3.32. The summed E-state index contributed by atoms with van der Waals surface area (Å²) in [5.41, 5.74) is 0.614. The van der Waals surface area contributed by atoms with E-state index in [1.54, 1.807) is 24.5 Å². The number of rotatable bonds is 2. The van der Waals surface area contributed by atoms with Gasteiger partial charge in [0.1, 0.15) is 0 Å². The Morgan fingerprint density at radius 2 is 2.18 bits per heavy atom. The molecule has 1 aromatic rings. The highest BCUT2D eigenvalue weighted by molar-refractivity contribution is 5.93. The van der Waals surface area contributed by atoms with Gasteiger partial charge in [-0.3, -0.25) is 9.78 Å². The highest BCUT2D eigenvalue weighted by Crippen LogP contribution is 1.94. The topological polar surface area (TPSA) is 42.0 Å². The van der Waals surface area contributed by atoms with Gasteiger partial charge < -0.3 is 5.32 Å². The lowest BCUT2D eigenvalue weighted by Gasteiger charge is -1.99. The second kappa shape index (κ2) is 3.71. The molecule has 1 heterocycles. The molecule has 0 aliphatic heterocycles. The summed E-state index contributed by atoms with van der Waals surface area (Å²) in [4.78, 5) is 14.9. The van der Waals surface area contributed by atoms with Crippen molar-refractivity contribution in [3.63, 3.8) is 0 Å². The molecule has 1 radical (unpaired) electrons. The third-order valence-electron chi connectivity index (χ3n) is 1.23. The molecule has 0 fully saturated rings. The molecular formula is C8H9N2O. The van der Waals surface area contributed by atoms with Crippen molar-refractivity contribution in [2.75, 3.05) is 6.54 Å². The number of nitrogens with zero attached hydrogens (tertiary/aromatic N) is 1. The number of carbonyl (C=O) groups excluding carboxylic acids is 1. The number of pyridine rings is 1. The van der Waals surface area contributed by atoms with Crippen molar-refractivity contribution in [3.8, 4) is 0 Å². The average molecular weight is 149 g/mol. The lowest BCUT2D eigenvalue weighted by Crippen LogP contribution is -2.22. The summed E-state index contributed by atoms with van der Waals surface area (Å²) < 4.78 is 0. The maximum absolute atomic E-state index is 11.1. The van der Waals surface area contributed by atoms with Crippen LogP contribution in [-0.2, 0) is 0 Å². The van der Waals surface area contributed by atoms with Gasteiger partial charge in [0.25, 0.3) is 5.91 Å². The van der Waals surface area contributed by atoms with E-state index < -0.39 is 0 Å². The number of nitrogens with one attached hydrogen (secondary N) is 1. The lowest BCUT2D eigenvalue weighted by molar-refractivity contribution is 0.0957. The lowest BCUT2D eigenvalue weighted by atomic mass is 10.2. The molecule has 1 rings (SSSR count). The van der Waals surface area contributed by atoms with Gasteiger partial charge in [0, 0.05) is 24.5 Å². The Morgan fingerprint density at radius 3 is 2.73 bits per heavy atom. The monoisotopic (exact) mass is 149 g/mol. The molecule has 0 bridgehead atoms. The third kappa shape index (κ3) is 2.04. The van der Waals surface area contributed by atoms with Crippen molar-refractivity contribution in [1.82, 2.24) is 10.3 Å². The minimum atomic E-state index is -0.109. The van der Waals surface area contributed by atoms with E-state index in [0.29, 0.717) is 12.1 Å². The average Bonchev–Trinajstić information content (AvgIpc) is 2.07. The molecule has 3 nitrogen and oxygen atoms in total. The standard InChI is InChI=1S/C8H9N2O/c1-2-10-8(11)7-3-5-9-6-4-7/h3-6H,1-2H2,(H,10,11). The quantitative estimate of drug-likeness (QED) is 0.670. The van der Waals surface area contributed by atoms with Gasteiger partial charge in [-0.15, -0.1) is 0 Å². The zero-order valence-corrected chi connectivity index (χ0v) is 6.08. The van der Waals surface area contributed by atoms with Crippen LogP contribution in [0.15, 0.2) is 24.5 Å². The molecule has 0 aliphatic rings. The van der Waals surface area contributed by atoms with Gasteiger partial charge in [-0.25, -0.2) is 0 Å². The van der Waals surface area contributed by atoms with Gasteiger partial charge in [0.15, 0.2) is 0 Å². The fourth-order valence-electron chi connectivity index (χ4n) is 0.719. The van der Waals surface area contributed by atoms with Crippen molar-refractivity contribution in [1.29, 1.82) is 0 Å². The molecule has 0 saturated carbocycles. The smallest absolute Gasteiger partial charge is 0.251 e. The SMILES string of the molecule is [CH2]CNC(=O)c1ccncc1. The molecule has 1 amide bonds. The van der Waals surface area contributed by atoms with Crippen molar-refractivity contribution in [2.24, 2.45) is 0 Å². The second-order valence-electron chi connectivity index (χ2n) is 1.99. The fraction of sp³-hybridized carbons (Fsp3) is 0.125. The predicted molar refractivity (Wildman–Crippen MR) is 41.9 cm³/mol. The van der Waals surface area contributed by atoms with Crippen LogP contribution in [0.4, 0.5) is 0 Å². The van der Waals surface area contributed by atoms with Crippen LogP contribution in [0.5, 0.6) is 0 Å². The van der Waals surface area contributed by atoms with Gasteiger partial charge in [0.05, 0.1) is 0 Å². The normalized spacial score (nSPS) is 9.18. The molecule has 0 atom stereocenters. The highest BCUT2D eigenvalue weighted by atomic mass is 16.1. The summed E-state index contributed by atoms with van der Waals surface area (Å²) in [7, 11) is 0. The molecule has 1 aromatic heterocycles. The largest absolute Gasteiger partial charge is 0.352 e. The zero-order chi connectivity index (χ0) is 8.10. The van der Waals surface area contributed by atoms with E-state index in [-0.39, 0.29) is 5.91 Å². The van der Waals surface area contributed by atoms with Gasteiger partial charge in [0.2, 0.25) is 0 Å². The summed E-state index contributed by atoms with van der Waals surface area (Å²) in [5.74, 6) is -0.109. The minimum absolute atomic E-state index is 0.109. The van der Waals surface area contributed by atoms with E-state index in [0.717, 1.165) is 0 Å². The first-order valence-electron chi connectivity index (χ1n) is 3.32. The molecule has 1 N–H and O–H groups in total. The first kappa shape index (κ1) is 7.72. The van der Waals surface area contributed by atoms with E-state index in [2.05, 4.69) is 17.2 Å². The van der Waals surface area contributed by atoms with E-state index in [1.807, 2.05) is 0 Å². The second-order valence-corrected chi connectivity index (χ2v) is 1.99. The van der Waals surface area contributed by atoms with E-state index >= 15 is 0 Å². The van der Waals surface area contributed by atoms with E-state index in [1.165, 1.54) is 0 Å². The molecule has 57 valence electrons. The Morgan fingerprint density at radius 1 is 1.55 bits per heavy atom. The van der Waals surface area contributed by atoms with Crippen LogP contribution < -0.4 is 5.32 Å². The maximum Gasteiger partial charge on any atom is 0.251 e. The summed E-state index contributed by atoms with van der Waals surface area (Å²) in [6.07, 6.45) is 3.16. The van der Waals surface area contributed by atoms with E-state index in [4.69, 9.17) is 0 Å². The number of aromatic nitrogens is 1. The molecule has 3 heteroatoms. The van der Waals surface area contributed by atoms with Crippen LogP contribution in [0, 0.1) is 6.92 Å². The Bertz CT molecular complexity index is 233. The predicted octanol–water partition coefficient (Wildman–Crippen LogP) is 0.645. The zero-order valence-electron chi connectivity index (χ0n) is 6.08. The van der Waals surface area contributed by atoms with Crippen LogP contribution in [0.2, 0.25) is 0 Å². The molecule has 0 saturated heterocycles. The molecule has 0 aliphatic carbocycles. The number of carbonyl (C=O) groups is 1. The van der Waals surface area contributed by atoms with Crippen LogP contribution >= 0.6 is 0 Å². The molecular weight excluding hydrogens is 140 g/mol. The van der Waals surface area contributed by atoms with Crippen LogP contribution in [-0.4, -0.2) is 17.4 Å². The maximum atomic E-state index is 11.1. The fourth-order valence-corrected chi connectivity index (χ4v) is 0.719. The Balaban J connectivity index is 2.69. The highest BCUT2D eigenvalue weighted by Gasteiger charge is 2.00. The Labute approximate surface area is 65.5 Å². The van der Waals surface area contributed by atoms with Crippen molar-refractivity contribution < 1.29 is 4.79 Å². The summed E-state index contributed by atoms with van der Waals surface area (Å²) in [6.45, 7) is 3.91. The summed E-state index contributed by atoms with van der Waals surface area (Å²) >= 11 is 0. The third-order valence-corrected chi connectivity index (χ3v) is 1.23. The van der Waals surface area contributed by atoms with Crippen molar-refractivity contribution in [3.05, 3.63) is 37.0 Å². The minimum Gasteiger partial charge on any atom is -0.352 e. The molecule has 0 unspecified atom stereocenters. The van der Waals surface area contributed by atoms with E-state index in [9.17, 15) is 4.79 Å². The first-order valence-corrected chi connectivity index (χ1v) is 3.32. The summed E-state index contributed by atoms with van der Waals surface area (Å²) in [5, 5.41) is 2.58. The van der Waals surface area contributed by atoms with Gasteiger partial charge in [-0.2, -0.15) is 0 Å². The number of hydrogen-bond donors (Lipinski definition) is 1.